The predicted octanol–water partition coefficient (Wildman–Crippen LogP) is 2.76. The van der Waals surface area contributed by atoms with Crippen LogP contribution in [0.4, 0.5) is 0 Å². The van der Waals surface area contributed by atoms with E-state index in [0.29, 0.717) is 6.42 Å². The van der Waals surface area contributed by atoms with Gasteiger partial charge in [0.1, 0.15) is 5.54 Å². The lowest BCUT2D eigenvalue weighted by Crippen LogP contribution is -2.47. The summed E-state index contributed by atoms with van der Waals surface area (Å²) in [6.45, 7) is 5.85. The summed E-state index contributed by atoms with van der Waals surface area (Å²) in [6, 6.07) is 8.30. The van der Waals surface area contributed by atoms with E-state index in [4.69, 9.17) is 10.5 Å². The number of aryl methyl sites for hydroxylation is 1. The molecule has 0 amide bonds. The summed E-state index contributed by atoms with van der Waals surface area (Å²) in [5, 5.41) is 0.251. The summed E-state index contributed by atoms with van der Waals surface area (Å²) < 4.78 is 4.71. The van der Waals surface area contributed by atoms with Crippen LogP contribution in [-0.4, -0.2) is 23.9 Å². The van der Waals surface area contributed by atoms with Gasteiger partial charge in [0.25, 0.3) is 0 Å². The maximum Gasteiger partial charge on any atom is 0.325 e. The van der Waals surface area contributed by atoms with E-state index in [0.717, 1.165) is 0 Å². The Hall–Kier alpha value is -1.00. The van der Waals surface area contributed by atoms with Crippen LogP contribution in [0.5, 0.6) is 0 Å². The molecule has 0 fully saturated rings. The molecule has 0 bridgehead atoms. The Bertz CT molecular complexity index is 418. The molecule has 2 unspecified atom stereocenters. The van der Waals surface area contributed by atoms with E-state index in [1.165, 1.54) is 17.6 Å². The van der Waals surface area contributed by atoms with Crippen LogP contribution in [0.25, 0.3) is 0 Å². The van der Waals surface area contributed by atoms with Crippen LogP contribution in [0.15, 0.2) is 29.2 Å². The SMILES string of the molecule is COC(=O)C(C)(N)CC(C)Sc1cccc(C)c1. The lowest BCUT2D eigenvalue weighted by atomic mass is 9.98. The second-order valence-electron chi connectivity index (χ2n) is 4.86. The van der Waals surface area contributed by atoms with Gasteiger partial charge in [-0.3, -0.25) is 4.79 Å². The Morgan fingerprint density at radius 1 is 1.56 bits per heavy atom. The quantitative estimate of drug-likeness (QED) is 0.658. The average Bonchev–Trinajstić information content (AvgIpc) is 2.26. The van der Waals surface area contributed by atoms with Crippen molar-refractivity contribution in [3.8, 4) is 0 Å². The van der Waals surface area contributed by atoms with Gasteiger partial charge in [-0.25, -0.2) is 0 Å². The van der Waals surface area contributed by atoms with Crippen LogP contribution in [-0.2, 0) is 9.53 Å². The number of nitrogens with two attached hydrogens (primary N) is 1. The number of hydrogen-bond donors (Lipinski definition) is 1. The average molecular weight is 267 g/mol. The van der Waals surface area contributed by atoms with E-state index in [-0.39, 0.29) is 11.2 Å². The Labute approximate surface area is 113 Å². The van der Waals surface area contributed by atoms with Crippen molar-refractivity contribution in [1.82, 2.24) is 0 Å². The number of carbonyl (C=O) groups excluding carboxylic acids is 1. The van der Waals surface area contributed by atoms with Gasteiger partial charge in [0, 0.05) is 10.1 Å². The van der Waals surface area contributed by atoms with Crippen molar-refractivity contribution in [3.63, 3.8) is 0 Å². The van der Waals surface area contributed by atoms with Crippen molar-refractivity contribution in [1.29, 1.82) is 0 Å². The van der Waals surface area contributed by atoms with E-state index in [2.05, 4.69) is 32.0 Å². The zero-order valence-electron chi connectivity index (χ0n) is 11.4. The zero-order valence-corrected chi connectivity index (χ0v) is 12.2. The van der Waals surface area contributed by atoms with E-state index in [1.54, 1.807) is 18.7 Å². The summed E-state index contributed by atoms with van der Waals surface area (Å²) in [7, 11) is 1.37. The summed E-state index contributed by atoms with van der Waals surface area (Å²) in [5.41, 5.74) is 6.27. The fourth-order valence-electron chi connectivity index (χ4n) is 1.88. The molecule has 0 heterocycles. The molecule has 0 aliphatic rings. The zero-order chi connectivity index (χ0) is 13.8. The molecule has 0 saturated carbocycles. The van der Waals surface area contributed by atoms with Gasteiger partial charge in [0.05, 0.1) is 7.11 Å². The third-order valence-electron chi connectivity index (χ3n) is 2.69. The molecule has 4 heteroatoms. The van der Waals surface area contributed by atoms with Gasteiger partial charge >= 0.3 is 5.97 Å². The minimum atomic E-state index is -0.926. The Morgan fingerprint density at radius 3 is 2.78 bits per heavy atom. The summed E-state index contributed by atoms with van der Waals surface area (Å²) >= 11 is 1.72. The molecule has 100 valence electrons. The molecule has 0 aliphatic heterocycles. The molecule has 0 aliphatic carbocycles. The topological polar surface area (TPSA) is 52.3 Å². The highest BCUT2D eigenvalue weighted by atomic mass is 32.2. The smallest absolute Gasteiger partial charge is 0.325 e. The summed E-state index contributed by atoms with van der Waals surface area (Å²) in [5.74, 6) is -0.362. The van der Waals surface area contributed by atoms with Crippen molar-refractivity contribution in [2.75, 3.05) is 7.11 Å². The molecule has 0 radical (unpaired) electrons. The molecule has 1 rings (SSSR count). The number of hydrogen-bond acceptors (Lipinski definition) is 4. The van der Waals surface area contributed by atoms with Gasteiger partial charge in [-0.15, -0.1) is 11.8 Å². The Morgan fingerprint density at radius 2 is 2.22 bits per heavy atom. The third-order valence-corrected chi connectivity index (χ3v) is 3.79. The standard InChI is InChI=1S/C14H21NO2S/c1-10-6-5-7-12(8-10)18-11(2)9-14(3,15)13(16)17-4/h5-8,11H,9,15H2,1-4H3. The van der Waals surface area contributed by atoms with E-state index < -0.39 is 5.54 Å². The third kappa shape index (κ3) is 4.35. The number of rotatable bonds is 5. The van der Waals surface area contributed by atoms with Crippen molar-refractivity contribution >= 4 is 17.7 Å². The van der Waals surface area contributed by atoms with Crippen molar-refractivity contribution in [3.05, 3.63) is 29.8 Å². The summed E-state index contributed by atoms with van der Waals surface area (Å²) in [6.07, 6.45) is 0.582. The molecule has 1 aromatic rings. The first kappa shape index (κ1) is 15.1. The molecule has 18 heavy (non-hydrogen) atoms. The predicted molar refractivity (Wildman–Crippen MR) is 75.7 cm³/mol. The number of esters is 1. The number of thioether (sulfide) groups is 1. The number of carbonyl (C=O) groups is 1. The number of methoxy groups -OCH3 is 1. The van der Waals surface area contributed by atoms with Gasteiger partial charge in [-0.05, 0) is 32.4 Å². The Kier molecular flexibility index (Phi) is 5.23. The van der Waals surface area contributed by atoms with Gasteiger partial charge in [0.2, 0.25) is 0 Å². The first-order chi connectivity index (χ1) is 8.35. The van der Waals surface area contributed by atoms with Gasteiger partial charge < -0.3 is 10.5 Å². The first-order valence-electron chi connectivity index (χ1n) is 5.96. The lowest BCUT2D eigenvalue weighted by Gasteiger charge is -2.24. The van der Waals surface area contributed by atoms with Gasteiger partial charge in [0.15, 0.2) is 0 Å². The monoisotopic (exact) mass is 267 g/mol. The molecule has 2 N–H and O–H groups in total. The van der Waals surface area contributed by atoms with Crippen molar-refractivity contribution < 1.29 is 9.53 Å². The number of benzene rings is 1. The molecular formula is C14H21NO2S. The highest BCUT2D eigenvalue weighted by Gasteiger charge is 2.31. The lowest BCUT2D eigenvalue weighted by molar-refractivity contribution is -0.146. The number of ether oxygens (including phenoxy) is 1. The first-order valence-corrected chi connectivity index (χ1v) is 6.84. The second kappa shape index (κ2) is 6.25. The van der Waals surface area contributed by atoms with E-state index in [9.17, 15) is 4.79 Å². The van der Waals surface area contributed by atoms with Crippen LogP contribution >= 0.6 is 11.8 Å². The van der Waals surface area contributed by atoms with Crippen LogP contribution in [0.1, 0.15) is 25.8 Å². The molecular weight excluding hydrogens is 246 g/mol. The van der Waals surface area contributed by atoms with E-state index >= 15 is 0 Å². The molecule has 0 aromatic heterocycles. The molecule has 1 aromatic carbocycles. The fraction of sp³-hybridized carbons (Fsp3) is 0.500. The largest absolute Gasteiger partial charge is 0.468 e. The Balaban J connectivity index is 2.61. The van der Waals surface area contributed by atoms with Crippen molar-refractivity contribution in [2.45, 2.75) is 42.9 Å². The van der Waals surface area contributed by atoms with Gasteiger partial charge in [-0.2, -0.15) is 0 Å². The molecule has 0 saturated heterocycles. The highest BCUT2D eigenvalue weighted by Crippen LogP contribution is 2.28. The normalized spacial score (nSPS) is 15.8. The maximum absolute atomic E-state index is 11.5. The molecule has 2 atom stereocenters. The van der Waals surface area contributed by atoms with Crippen LogP contribution in [0.2, 0.25) is 0 Å². The van der Waals surface area contributed by atoms with Crippen LogP contribution < -0.4 is 5.73 Å². The summed E-state index contributed by atoms with van der Waals surface area (Å²) in [4.78, 5) is 12.7. The second-order valence-corrected chi connectivity index (χ2v) is 6.37. The fourth-order valence-corrected chi connectivity index (χ4v) is 3.18. The van der Waals surface area contributed by atoms with Crippen molar-refractivity contribution in [2.24, 2.45) is 5.73 Å². The highest BCUT2D eigenvalue weighted by molar-refractivity contribution is 7.99. The minimum Gasteiger partial charge on any atom is -0.468 e. The minimum absolute atomic E-state index is 0.251. The van der Waals surface area contributed by atoms with Gasteiger partial charge in [-0.1, -0.05) is 24.6 Å². The molecule has 3 nitrogen and oxygen atoms in total. The maximum atomic E-state index is 11.5. The van der Waals surface area contributed by atoms with Crippen LogP contribution in [0, 0.1) is 6.92 Å². The van der Waals surface area contributed by atoms with Crippen LogP contribution in [0.3, 0.4) is 0 Å². The van der Waals surface area contributed by atoms with E-state index in [1.807, 2.05) is 6.07 Å². The molecule has 0 spiro atoms.